The molecule has 1 saturated heterocycles. The molecule has 0 amide bonds. The lowest BCUT2D eigenvalue weighted by Gasteiger charge is -2.45. The van der Waals surface area contributed by atoms with Crippen LogP contribution in [0.1, 0.15) is 65.2 Å². The molecule has 1 fully saturated rings. The molecule has 1 rings (SSSR count). The highest BCUT2D eigenvalue weighted by atomic mass is 19.4. The van der Waals surface area contributed by atoms with E-state index in [0.29, 0.717) is 19.0 Å². The Morgan fingerprint density at radius 1 is 1.15 bits per heavy atom. The third-order valence-corrected chi connectivity index (χ3v) is 4.66. The van der Waals surface area contributed by atoms with E-state index >= 15 is 0 Å². The van der Waals surface area contributed by atoms with Crippen molar-refractivity contribution >= 4 is 0 Å². The molecule has 1 aliphatic heterocycles. The predicted molar refractivity (Wildman–Crippen MR) is 76.6 cm³/mol. The van der Waals surface area contributed by atoms with Gasteiger partial charge in [0.2, 0.25) is 0 Å². The summed E-state index contributed by atoms with van der Waals surface area (Å²) in [4.78, 5) is 2.40. The maximum absolute atomic E-state index is 12.3. The van der Waals surface area contributed by atoms with Crippen molar-refractivity contribution < 1.29 is 13.2 Å². The zero-order chi connectivity index (χ0) is 15.2. The zero-order valence-electron chi connectivity index (χ0n) is 12.8. The van der Waals surface area contributed by atoms with E-state index in [1.807, 2.05) is 6.92 Å². The van der Waals surface area contributed by atoms with Crippen LogP contribution in [0.3, 0.4) is 0 Å². The SMILES string of the molecule is CCC1CCCCCN1C(C)(CN)CCCC(F)(F)F. The molecule has 0 saturated carbocycles. The Balaban J connectivity index is 2.68. The van der Waals surface area contributed by atoms with Crippen LogP contribution in [-0.2, 0) is 0 Å². The molecule has 2 N–H and O–H groups in total. The molecule has 2 atom stereocenters. The van der Waals surface area contributed by atoms with E-state index in [9.17, 15) is 13.2 Å². The van der Waals surface area contributed by atoms with E-state index in [2.05, 4.69) is 11.8 Å². The average Bonchev–Trinajstić information content (AvgIpc) is 2.62. The summed E-state index contributed by atoms with van der Waals surface area (Å²) in [6, 6.07) is 0.469. The van der Waals surface area contributed by atoms with E-state index in [0.717, 1.165) is 25.8 Å². The highest BCUT2D eigenvalue weighted by Crippen LogP contribution is 2.32. The third kappa shape index (κ3) is 5.24. The summed E-state index contributed by atoms with van der Waals surface area (Å²) < 4.78 is 37.0. The summed E-state index contributed by atoms with van der Waals surface area (Å²) in [5.74, 6) is 0. The lowest BCUT2D eigenvalue weighted by molar-refractivity contribution is -0.137. The van der Waals surface area contributed by atoms with Crippen LogP contribution in [0.4, 0.5) is 13.2 Å². The lowest BCUT2D eigenvalue weighted by atomic mass is 9.89. The Hall–Kier alpha value is -0.290. The summed E-state index contributed by atoms with van der Waals surface area (Å²) in [6.45, 7) is 5.60. The van der Waals surface area contributed by atoms with E-state index in [4.69, 9.17) is 5.73 Å². The van der Waals surface area contributed by atoms with E-state index in [-0.39, 0.29) is 12.0 Å². The monoisotopic (exact) mass is 294 g/mol. The predicted octanol–water partition coefficient (Wildman–Crippen LogP) is 4.09. The fraction of sp³-hybridized carbons (Fsp3) is 1.00. The summed E-state index contributed by atoms with van der Waals surface area (Å²) >= 11 is 0. The number of hydrogen-bond acceptors (Lipinski definition) is 2. The first kappa shape index (κ1) is 17.8. The minimum Gasteiger partial charge on any atom is -0.329 e. The summed E-state index contributed by atoms with van der Waals surface area (Å²) in [7, 11) is 0. The molecule has 0 bridgehead atoms. The van der Waals surface area contributed by atoms with Crippen molar-refractivity contribution in [2.45, 2.75) is 83.0 Å². The van der Waals surface area contributed by atoms with Crippen LogP contribution in [0.2, 0.25) is 0 Å². The molecule has 2 unspecified atom stereocenters. The molecule has 0 aromatic carbocycles. The van der Waals surface area contributed by atoms with Crippen molar-refractivity contribution in [2.24, 2.45) is 5.73 Å². The zero-order valence-corrected chi connectivity index (χ0v) is 12.8. The molecule has 120 valence electrons. The van der Waals surface area contributed by atoms with Gasteiger partial charge in [-0.05, 0) is 45.6 Å². The Bertz CT molecular complexity index is 281. The molecule has 0 radical (unpaired) electrons. The van der Waals surface area contributed by atoms with E-state index in [1.165, 1.54) is 12.8 Å². The van der Waals surface area contributed by atoms with Crippen LogP contribution in [0, 0.1) is 0 Å². The number of hydrogen-bond donors (Lipinski definition) is 1. The van der Waals surface area contributed by atoms with Crippen molar-refractivity contribution in [1.82, 2.24) is 4.90 Å². The van der Waals surface area contributed by atoms with Crippen molar-refractivity contribution in [1.29, 1.82) is 0 Å². The summed E-state index contributed by atoms with van der Waals surface area (Å²) in [6.07, 6.45) is 1.70. The Kier molecular flexibility index (Phi) is 6.79. The molecule has 0 aromatic heterocycles. The second-order valence-electron chi connectivity index (χ2n) is 6.27. The molecular weight excluding hydrogens is 265 g/mol. The third-order valence-electron chi connectivity index (χ3n) is 4.66. The van der Waals surface area contributed by atoms with Crippen molar-refractivity contribution in [2.75, 3.05) is 13.1 Å². The quantitative estimate of drug-likeness (QED) is 0.799. The van der Waals surface area contributed by atoms with Gasteiger partial charge in [0.05, 0.1) is 0 Å². The molecule has 1 heterocycles. The van der Waals surface area contributed by atoms with Crippen LogP contribution in [-0.4, -0.2) is 35.7 Å². The van der Waals surface area contributed by atoms with Gasteiger partial charge in [-0.15, -0.1) is 0 Å². The molecule has 2 nitrogen and oxygen atoms in total. The molecule has 0 aliphatic carbocycles. The first-order valence-electron chi connectivity index (χ1n) is 7.86. The van der Waals surface area contributed by atoms with Crippen LogP contribution in [0.5, 0.6) is 0 Å². The van der Waals surface area contributed by atoms with Crippen molar-refractivity contribution in [3.8, 4) is 0 Å². The van der Waals surface area contributed by atoms with Gasteiger partial charge in [0.25, 0.3) is 0 Å². The summed E-state index contributed by atoms with van der Waals surface area (Å²) in [5, 5.41) is 0. The molecule has 20 heavy (non-hydrogen) atoms. The number of rotatable bonds is 6. The number of nitrogens with zero attached hydrogens (tertiary/aromatic N) is 1. The second-order valence-corrected chi connectivity index (χ2v) is 6.27. The molecular formula is C15H29F3N2. The van der Waals surface area contributed by atoms with E-state index in [1.54, 1.807) is 0 Å². The van der Waals surface area contributed by atoms with Crippen molar-refractivity contribution in [3.05, 3.63) is 0 Å². The number of likely N-dealkylation sites (tertiary alicyclic amines) is 1. The topological polar surface area (TPSA) is 29.3 Å². The number of halogens is 3. The number of nitrogens with two attached hydrogens (primary N) is 1. The van der Waals surface area contributed by atoms with Gasteiger partial charge in [0, 0.05) is 24.5 Å². The molecule has 1 aliphatic rings. The maximum Gasteiger partial charge on any atom is 0.389 e. The normalized spacial score (nSPS) is 25.2. The first-order valence-corrected chi connectivity index (χ1v) is 7.86. The van der Waals surface area contributed by atoms with Crippen LogP contribution in [0.25, 0.3) is 0 Å². The first-order chi connectivity index (χ1) is 9.32. The summed E-state index contributed by atoms with van der Waals surface area (Å²) in [5.41, 5.74) is 5.64. The van der Waals surface area contributed by atoms with Gasteiger partial charge < -0.3 is 5.73 Å². The van der Waals surface area contributed by atoms with Gasteiger partial charge in [-0.2, -0.15) is 13.2 Å². The van der Waals surface area contributed by atoms with Crippen LogP contribution >= 0.6 is 0 Å². The lowest BCUT2D eigenvalue weighted by Crippen LogP contribution is -2.55. The second kappa shape index (κ2) is 7.64. The number of alkyl halides is 3. The van der Waals surface area contributed by atoms with Gasteiger partial charge in [-0.1, -0.05) is 19.8 Å². The van der Waals surface area contributed by atoms with Gasteiger partial charge in [-0.25, -0.2) is 0 Å². The maximum atomic E-state index is 12.3. The average molecular weight is 294 g/mol. The van der Waals surface area contributed by atoms with E-state index < -0.39 is 12.6 Å². The Morgan fingerprint density at radius 3 is 2.40 bits per heavy atom. The van der Waals surface area contributed by atoms with Crippen LogP contribution < -0.4 is 5.73 Å². The smallest absolute Gasteiger partial charge is 0.329 e. The van der Waals surface area contributed by atoms with Gasteiger partial charge in [-0.3, -0.25) is 4.90 Å². The minimum atomic E-state index is -4.06. The fourth-order valence-electron chi connectivity index (χ4n) is 3.35. The van der Waals surface area contributed by atoms with Gasteiger partial charge in [0.1, 0.15) is 0 Å². The standard InChI is InChI=1S/C15H29F3N2/c1-3-13-8-5-4-6-11-20(13)14(2,12-19)9-7-10-15(16,17)18/h13H,3-12,19H2,1-2H3. The van der Waals surface area contributed by atoms with Crippen LogP contribution in [0.15, 0.2) is 0 Å². The highest BCUT2D eigenvalue weighted by Gasteiger charge is 2.36. The Labute approximate surface area is 120 Å². The van der Waals surface area contributed by atoms with Crippen molar-refractivity contribution in [3.63, 3.8) is 0 Å². The largest absolute Gasteiger partial charge is 0.389 e. The molecule has 0 spiro atoms. The van der Waals surface area contributed by atoms with Gasteiger partial charge in [0.15, 0.2) is 0 Å². The molecule has 0 aromatic rings. The Morgan fingerprint density at radius 2 is 1.85 bits per heavy atom. The minimum absolute atomic E-state index is 0.171. The fourth-order valence-corrected chi connectivity index (χ4v) is 3.35. The molecule has 5 heteroatoms. The highest BCUT2D eigenvalue weighted by molar-refractivity contribution is 4.92. The van der Waals surface area contributed by atoms with Gasteiger partial charge >= 0.3 is 6.18 Å².